The quantitative estimate of drug-likeness (QED) is 0.414. The van der Waals surface area contributed by atoms with E-state index in [4.69, 9.17) is 4.74 Å². The lowest BCUT2D eigenvalue weighted by Gasteiger charge is -2.16. The molecule has 2 nitrogen and oxygen atoms in total. The van der Waals surface area contributed by atoms with Crippen LogP contribution in [-0.4, -0.2) is 0 Å². The van der Waals surface area contributed by atoms with Crippen LogP contribution in [0, 0.1) is 13.8 Å². The van der Waals surface area contributed by atoms with Crippen LogP contribution in [0.5, 0.6) is 5.75 Å². The van der Waals surface area contributed by atoms with Gasteiger partial charge in [0.1, 0.15) is 12.4 Å². The van der Waals surface area contributed by atoms with Crippen molar-refractivity contribution in [1.82, 2.24) is 0 Å². The summed E-state index contributed by atoms with van der Waals surface area (Å²) in [6.45, 7) is 5.40. The van der Waals surface area contributed by atoms with Gasteiger partial charge in [0.15, 0.2) is 0 Å². The summed E-state index contributed by atoms with van der Waals surface area (Å²) in [5.74, 6) is 0.869. The Morgan fingerprint density at radius 1 is 0.846 bits per heavy atom. The van der Waals surface area contributed by atoms with Gasteiger partial charge in [-0.05, 0) is 59.6 Å². The van der Waals surface area contributed by atoms with Gasteiger partial charge in [-0.15, -0.1) is 0 Å². The Balaban J connectivity index is 1.75. The van der Waals surface area contributed by atoms with Gasteiger partial charge in [0.2, 0.25) is 0 Å². The second-order valence-corrected chi connectivity index (χ2v) is 8.14. The molecule has 0 amide bonds. The number of rotatable bonds is 6. The topological polar surface area (TPSA) is 21.3 Å². The van der Waals surface area contributed by atoms with E-state index in [1.807, 2.05) is 6.07 Å². The third-order valence-corrected chi connectivity index (χ3v) is 5.17. The van der Waals surface area contributed by atoms with Crippen molar-refractivity contribution >= 4 is 37.5 Å². The molecule has 134 valence electrons. The minimum Gasteiger partial charge on any atom is -0.487 e. The van der Waals surface area contributed by atoms with Crippen molar-refractivity contribution < 1.29 is 4.74 Å². The molecular formula is C22H21Br2NO. The van der Waals surface area contributed by atoms with Crippen LogP contribution in [0.1, 0.15) is 22.3 Å². The van der Waals surface area contributed by atoms with E-state index >= 15 is 0 Å². The lowest BCUT2D eigenvalue weighted by atomic mass is 10.1. The third kappa shape index (κ3) is 5.12. The highest BCUT2D eigenvalue weighted by Gasteiger charge is 2.11. The van der Waals surface area contributed by atoms with Crippen LogP contribution in [0.2, 0.25) is 0 Å². The number of ether oxygens (including phenoxy) is 1. The molecule has 0 fully saturated rings. The summed E-state index contributed by atoms with van der Waals surface area (Å²) < 4.78 is 8.11. The summed E-state index contributed by atoms with van der Waals surface area (Å²) in [5.41, 5.74) is 5.85. The third-order valence-electron chi connectivity index (χ3n) is 4.12. The van der Waals surface area contributed by atoms with Crippen molar-refractivity contribution in [2.75, 3.05) is 5.32 Å². The van der Waals surface area contributed by atoms with Gasteiger partial charge in [-0.2, -0.15) is 0 Å². The molecule has 3 aromatic carbocycles. The molecule has 0 spiro atoms. The molecule has 0 radical (unpaired) electrons. The van der Waals surface area contributed by atoms with Crippen molar-refractivity contribution in [2.24, 2.45) is 0 Å². The van der Waals surface area contributed by atoms with Gasteiger partial charge in [-0.3, -0.25) is 0 Å². The summed E-state index contributed by atoms with van der Waals surface area (Å²) in [5, 5.41) is 3.47. The van der Waals surface area contributed by atoms with E-state index in [2.05, 4.69) is 106 Å². The second kappa shape index (κ2) is 8.74. The predicted molar refractivity (Wildman–Crippen MR) is 116 cm³/mol. The molecule has 0 aliphatic heterocycles. The fraction of sp³-hybridized carbons (Fsp3) is 0.182. The molecule has 0 saturated carbocycles. The van der Waals surface area contributed by atoms with Crippen molar-refractivity contribution in [3.63, 3.8) is 0 Å². The Labute approximate surface area is 171 Å². The summed E-state index contributed by atoms with van der Waals surface area (Å²) in [4.78, 5) is 0. The number of nitrogens with one attached hydrogen (secondary N) is 1. The first-order chi connectivity index (χ1) is 12.5. The maximum absolute atomic E-state index is 6.15. The summed E-state index contributed by atoms with van der Waals surface area (Å²) in [7, 11) is 0. The number of anilines is 1. The predicted octanol–water partition coefficient (Wildman–Crippen LogP) is 7.02. The molecule has 0 aliphatic rings. The average molecular weight is 475 g/mol. The highest BCUT2D eigenvalue weighted by atomic mass is 79.9. The van der Waals surface area contributed by atoms with Crippen LogP contribution >= 0.6 is 31.9 Å². The van der Waals surface area contributed by atoms with Gasteiger partial charge in [-0.1, -0.05) is 63.5 Å². The van der Waals surface area contributed by atoms with Gasteiger partial charge in [0.05, 0.1) is 4.47 Å². The Bertz CT molecular complexity index is 874. The van der Waals surface area contributed by atoms with Gasteiger partial charge in [-0.25, -0.2) is 0 Å². The van der Waals surface area contributed by atoms with Crippen LogP contribution < -0.4 is 10.1 Å². The maximum atomic E-state index is 6.15. The monoisotopic (exact) mass is 473 g/mol. The lowest BCUT2D eigenvalue weighted by Crippen LogP contribution is -2.05. The Kier molecular flexibility index (Phi) is 6.38. The van der Waals surface area contributed by atoms with Crippen molar-refractivity contribution in [3.8, 4) is 5.75 Å². The molecule has 3 rings (SSSR count). The van der Waals surface area contributed by atoms with Crippen LogP contribution in [0.4, 0.5) is 5.69 Å². The first kappa shape index (κ1) is 19.0. The van der Waals surface area contributed by atoms with Crippen LogP contribution in [0.15, 0.2) is 69.6 Å². The van der Waals surface area contributed by atoms with Crippen LogP contribution in [0.25, 0.3) is 0 Å². The fourth-order valence-corrected chi connectivity index (χ4v) is 4.04. The van der Waals surface area contributed by atoms with E-state index in [9.17, 15) is 0 Å². The Morgan fingerprint density at radius 2 is 1.46 bits per heavy atom. The zero-order valence-electron chi connectivity index (χ0n) is 14.9. The zero-order valence-corrected chi connectivity index (χ0v) is 18.0. The number of hydrogen-bond acceptors (Lipinski definition) is 2. The molecule has 0 atom stereocenters. The van der Waals surface area contributed by atoms with Crippen molar-refractivity contribution in [3.05, 3.63) is 91.9 Å². The van der Waals surface area contributed by atoms with E-state index in [1.165, 1.54) is 11.1 Å². The molecule has 0 aliphatic carbocycles. The van der Waals surface area contributed by atoms with Crippen LogP contribution in [-0.2, 0) is 13.2 Å². The molecule has 0 unspecified atom stereocenters. The molecule has 1 N–H and O–H groups in total. The van der Waals surface area contributed by atoms with E-state index in [0.29, 0.717) is 13.2 Å². The number of halogens is 2. The average Bonchev–Trinajstić information content (AvgIpc) is 2.62. The normalized spacial score (nSPS) is 10.6. The number of aryl methyl sites for hydroxylation is 2. The highest BCUT2D eigenvalue weighted by Crippen LogP contribution is 2.34. The minimum atomic E-state index is 0.540. The minimum absolute atomic E-state index is 0.540. The molecule has 4 heteroatoms. The van der Waals surface area contributed by atoms with Gasteiger partial charge >= 0.3 is 0 Å². The van der Waals surface area contributed by atoms with Gasteiger partial charge in [0.25, 0.3) is 0 Å². The molecule has 0 bridgehead atoms. The summed E-state index contributed by atoms with van der Waals surface area (Å²) in [6.07, 6.45) is 0. The molecule has 0 saturated heterocycles. The second-order valence-electron chi connectivity index (χ2n) is 6.37. The van der Waals surface area contributed by atoms with Gasteiger partial charge in [0, 0.05) is 22.3 Å². The van der Waals surface area contributed by atoms with Crippen molar-refractivity contribution in [2.45, 2.75) is 27.0 Å². The lowest BCUT2D eigenvalue weighted by molar-refractivity contribution is 0.301. The smallest absolute Gasteiger partial charge is 0.139 e. The SMILES string of the molecule is Cc1ccc(COc2c(Br)cc(Br)cc2CNc2ccc(C)cc2)cc1. The van der Waals surface area contributed by atoms with Crippen molar-refractivity contribution in [1.29, 1.82) is 0 Å². The summed E-state index contributed by atoms with van der Waals surface area (Å²) in [6, 6.07) is 20.9. The maximum Gasteiger partial charge on any atom is 0.139 e. The first-order valence-corrected chi connectivity index (χ1v) is 10.1. The van der Waals surface area contributed by atoms with Crippen LogP contribution in [0.3, 0.4) is 0 Å². The Morgan fingerprint density at radius 3 is 2.12 bits per heavy atom. The molecule has 26 heavy (non-hydrogen) atoms. The summed E-state index contributed by atoms with van der Waals surface area (Å²) >= 11 is 7.21. The molecular weight excluding hydrogens is 454 g/mol. The largest absolute Gasteiger partial charge is 0.487 e. The highest BCUT2D eigenvalue weighted by molar-refractivity contribution is 9.11. The number of benzene rings is 3. The molecule has 0 heterocycles. The number of hydrogen-bond donors (Lipinski definition) is 1. The van der Waals surface area contributed by atoms with E-state index < -0.39 is 0 Å². The van der Waals surface area contributed by atoms with E-state index in [1.54, 1.807) is 0 Å². The standard InChI is InChI=1S/C22H21Br2NO/c1-15-3-7-17(8-4-15)14-26-22-18(11-19(23)12-21(22)24)13-25-20-9-5-16(2)6-10-20/h3-12,25H,13-14H2,1-2H3. The molecule has 0 aromatic heterocycles. The zero-order chi connectivity index (χ0) is 18.5. The Hall–Kier alpha value is -1.78. The molecule has 3 aromatic rings. The van der Waals surface area contributed by atoms with E-state index in [0.717, 1.165) is 31.5 Å². The van der Waals surface area contributed by atoms with E-state index in [-0.39, 0.29) is 0 Å². The first-order valence-electron chi connectivity index (χ1n) is 8.48. The van der Waals surface area contributed by atoms with Gasteiger partial charge < -0.3 is 10.1 Å². The fourth-order valence-electron chi connectivity index (χ4n) is 2.62.